The molecule has 0 saturated heterocycles. The predicted molar refractivity (Wildman–Crippen MR) is 72.7 cm³/mol. The molecule has 0 saturated carbocycles. The summed E-state index contributed by atoms with van der Waals surface area (Å²) in [6.45, 7) is 9.72. The molecular formula is C15H23NO. The summed E-state index contributed by atoms with van der Waals surface area (Å²) in [6.07, 6.45) is 0.477. The molecule has 0 aliphatic carbocycles. The molecule has 0 radical (unpaired) electrons. The Bertz CT molecular complexity index is 398. The molecule has 1 aromatic carbocycles. The number of benzene rings is 1. The minimum Gasteiger partial charge on any atom is -0.393 e. The SMILES string of the molecule is CC(O)Cc1cccc2c1N(C(C)C)CC2C. The molecule has 0 spiro atoms. The van der Waals surface area contributed by atoms with Gasteiger partial charge in [0, 0.05) is 30.6 Å². The zero-order chi connectivity index (χ0) is 12.6. The number of aliphatic hydroxyl groups excluding tert-OH is 1. The number of rotatable bonds is 3. The van der Waals surface area contributed by atoms with Crippen LogP contribution in [-0.2, 0) is 6.42 Å². The van der Waals surface area contributed by atoms with Crippen molar-refractivity contribution in [2.24, 2.45) is 0 Å². The lowest BCUT2D eigenvalue weighted by Gasteiger charge is -2.26. The van der Waals surface area contributed by atoms with Gasteiger partial charge in [-0.3, -0.25) is 0 Å². The van der Waals surface area contributed by atoms with E-state index in [1.165, 1.54) is 16.8 Å². The van der Waals surface area contributed by atoms with Gasteiger partial charge in [0.2, 0.25) is 0 Å². The fourth-order valence-corrected chi connectivity index (χ4v) is 2.80. The van der Waals surface area contributed by atoms with E-state index < -0.39 is 0 Å². The second-order valence-electron chi connectivity index (χ2n) is 5.56. The molecule has 2 rings (SSSR count). The molecular weight excluding hydrogens is 210 g/mol. The number of nitrogens with zero attached hydrogens (tertiary/aromatic N) is 1. The Hall–Kier alpha value is -1.02. The van der Waals surface area contributed by atoms with E-state index in [-0.39, 0.29) is 6.10 Å². The largest absolute Gasteiger partial charge is 0.393 e. The van der Waals surface area contributed by atoms with Gasteiger partial charge in [-0.15, -0.1) is 0 Å². The van der Waals surface area contributed by atoms with Crippen LogP contribution in [0.25, 0.3) is 0 Å². The average Bonchev–Trinajstić information content (AvgIpc) is 2.57. The van der Waals surface area contributed by atoms with Crippen LogP contribution < -0.4 is 4.90 Å². The molecule has 1 N–H and O–H groups in total. The summed E-state index contributed by atoms with van der Waals surface area (Å²) in [6, 6.07) is 7.03. The maximum Gasteiger partial charge on any atom is 0.0553 e. The van der Waals surface area contributed by atoms with Crippen molar-refractivity contribution in [3.05, 3.63) is 29.3 Å². The summed E-state index contributed by atoms with van der Waals surface area (Å²) < 4.78 is 0. The fourth-order valence-electron chi connectivity index (χ4n) is 2.80. The van der Waals surface area contributed by atoms with Crippen LogP contribution in [0.5, 0.6) is 0 Å². The molecule has 0 fully saturated rings. The molecule has 1 aromatic rings. The fraction of sp³-hybridized carbons (Fsp3) is 0.600. The van der Waals surface area contributed by atoms with Crippen molar-refractivity contribution >= 4 is 5.69 Å². The monoisotopic (exact) mass is 233 g/mol. The van der Waals surface area contributed by atoms with Gasteiger partial charge in [-0.05, 0) is 31.9 Å². The third-order valence-corrected chi connectivity index (χ3v) is 3.58. The van der Waals surface area contributed by atoms with Crippen LogP contribution in [0.3, 0.4) is 0 Å². The molecule has 17 heavy (non-hydrogen) atoms. The second-order valence-corrected chi connectivity index (χ2v) is 5.56. The highest BCUT2D eigenvalue weighted by molar-refractivity contribution is 5.65. The zero-order valence-corrected chi connectivity index (χ0v) is 11.3. The molecule has 2 atom stereocenters. The Labute approximate surface area is 104 Å². The standard InChI is InChI=1S/C15H23NO/c1-10(2)16-9-11(3)14-7-5-6-13(15(14)16)8-12(4)17/h5-7,10-12,17H,8-9H2,1-4H3. The van der Waals surface area contributed by atoms with E-state index in [0.717, 1.165) is 13.0 Å². The number of hydrogen-bond acceptors (Lipinski definition) is 2. The Morgan fingerprint density at radius 1 is 1.35 bits per heavy atom. The normalized spacial score (nSPS) is 20.8. The van der Waals surface area contributed by atoms with Gasteiger partial charge >= 0.3 is 0 Å². The van der Waals surface area contributed by atoms with Crippen LogP contribution in [-0.4, -0.2) is 23.8 Å². The average molecular weight is 233 g/mol. The van der Waals surface area contributed by atoms with Crippen molar-refractivity contribution in [2.45, 2.75) is 52.2 Å². The molecule has 1 heterocycles. The summed E-state index contributed by atoms with van der Waals surface area (Å²) >= 11 is 0. The molecule has 2 unspecified atom stereocenters. The van der Waals surface area contributed by atoms with Crippen LogP contribution in [0, 0.1) is 0 Å². The smallest absolute Gasteiger partial charge is 0.0553 e. The van der Waals surface area contributed by atoms with Crippen LogP contribution >= 0.6 is 0 Å². The van der Waals surface area contributed by atoms with Crippen LogP contribution in [0.4, 0.5) is 5.69 Å². The number of fused-ring (bicyclic) bond motifs is 1. The molecule has 0 aromatic heterocycles. The third kappa shape index (κ3) is 2.32. The first-order valence-corrected chi connectivity index (χ1v) is 6.57. The Morgan fingerprint density at radius 3 is 2.65 bits per heavy atom. The van der Waals surface area contributed by atoms with E-state index in [2.05, 4.69) is 43.9 Å². The molecule has 2 heteroatoms. The Balaban J connectivity index is 2.44. The van der Waals surface area contributed by atoms with Crippen molar-refractivity contribution in [1.82, 2.24) is 0 Å². The molecule has 0 amide bonds. The van der Waals surface area contributed by atoms with Gasteiger partial charge in [-0.25, -0.2) is 0 Å². The molecule has 2 nitrogen and oxygen atoms in total. The molecule has 1 aliphatic rings. The van der Waals surface area contributed by atoms with Crippen molar-refractivity contribution in [3.8, 4) is 0 Å². The Morgan fingerprint density at radius 2 is 2.06 bits per heavy atom. The number of hydrogen-bond donors (Lipinski definition) is 1. The molecule has 0 bridgehead atoms. The van der Waals surface area contributed by atoms with Gasteiger partial charge in [-0.1, -0.05) is 25.1 Å². The van der Waals surface area contributed by atoms with Gasteiger partial charge in [-0.2, -0.15) is 0 Å². The van der Waals surface area contributed by atoms with Crippen molar-refractivity contribution < 1.29 is 5.11 Å². The third-order valence-electron chi connectivity index (χ3n) is 3.58. The van der Waals surface area contributed by atoms with E-state index in [1.54, 1.807) is 0 Å². The summed E-state index contributed by atoms with van der Waals surface area (Å²) in [7, 11) is 0. The molecule has 1 aliphatic heterocycles. The highest BCUT2D eigenvalue weighted by Gasteiger charge is 2.29. The summed E-state index contributed by atoms with van der Waals surface area (Å²) in [5.41, 5.74) is 4.10. The lowest BCUT2D eigenvalue weighted by molar-refractivity contribution is 0.195. The van der Waals surface area contributed by atoms with Crippen LogP contribution in [0.1, 0.15) is 44.7 Å². The quantitative estimate of drug-likeness (QED) is 0.867. The van der Waals surface area contributed by atoms with Crippen molar-refractivity contribution in [2.75, 3.05) is 11.4 Å². The van der Waals surface area contributed by atoms with E-state index in [9.17, 15) is 5.11 Å². The maximum absolute atomic E-state index is 9.61. The zero-order valence-electron chi connectivity index (χ0n) is 11.3. The van der Waals surface area contributed by atoms with Gasteiger partial charge in [0.25, 0.3) is 0 Å². The van der Waals surface area contributed by atoms with Crippen molar-refractivity contribution in [3.63, 3.8) is 0 Å². The summed E-state index contributed by atoms with van der Waals surface area (Å²) in [5, 5.41) is 9.61. The minimum absolute atomic E-state index is 0.272. The van der Waals surface area contributed by atoms with Gasteiger partial charge in [0.15, 0.2) is 0 Å². The number of aliphatic hydroxyl groups is 1. The van der Waals surface area contributed by atoms with Crippen molar-refractivity contribution in [1.29, 1.82) is 0 Å². The van der Waals surface area contributed by atoms with Crippen LogP contribution in [0.15, 0.2) is 18.2 Å². The summed E-state index contributed by atoms with van der Waals surface area (Å²) in [5.74, 6) is 0.598. The predicted octanol–water partition coefficient (Wildman–Crippen LogP) is 2.94. The van der Waals surface area contributed by atoms with Gasteiger partial charge in [0.05, 0.1) is 6.10 Å². The van der Waals surface area contributed by atoms with Gasteiger partial charge in [0.1, 0.15) is 0 Å². The van der Waals surface area contributed by atoms with Crippen LogP contribution in [0.2, 0.25) is 0 Å². The first kappa shape index (κ1) is 12.4. The lowest BCUT2D eigenvalue weighted by atomic mass is 9.98. The second kappa shape index (κ2) is 4.69. The minimum atomic E-state index is -0.272. The summed E-state index contributed by atoms with van der Waals surface area (Å²) in [4.78, 5) is 2.47. The topological polar surface area (TPSA) is 23.5 Å². The van der Waals surface area contributed by atoms with E-state index >= 15 is 0 Å². The molecule has 94 valence electrons. The maximum atomic E-state index is 9.61. The van der Waals surface area contributed by atoms with E-state index in [1.807, 2.05) is 6.92 Å². The first-order chi connectivity index (χ1) is 8.00. The van der Waals surface area contributed by atoms with Gasteiger partial charge < -0.3 is 10.0 Å². The number of anilines is 1. The highest BCUT2D eigenvalue weighted by Crippen LogP contribution is 2.40. The number of para-hydroxylation sites is 1. The highest BCUT2D eigenvalue weighted by atomic mass is 16.3. The van der Waals surface area contributed by atoms with E-state index in [0.29, 0.717) is 12.0 Å². The lowest BCUT2D eigenvalue weighted by Crippen LogP contribution is -2.30. The van der Waals surface area contributed by atoms with E-state index in [4.69, 9.17) is 0 Å². The Kier molecular flexibility index (Phi) is 3.43. The first-order valence-electron chi connectivity index (χ1n) is 6.57.